The number of benzene rings is 2. The van der Waals surface area contributed by atoms with Gasteiger partial charge in [-0.2, -0.15) is 0 Å². The topological polar surface area (TPSA) is 18.8 Å². The van der Waals surface area contributed by atoms with Gasteiger partial charge >= 0.3 is 0 Å². The molecule has 2 aromatic rings. The van der Waals surface area contributed by atoms with Crippen molar-refractivity contribution in [1.82, 2.24) is 4.90 Å². The summed E-state index contributed by atoms with van der Waals surface area (Å²) >= 11 is 6.37. The van der Waals surface area contributed by atoms with Crippen molar-refractivity contribution in [1.29, 1.82) is 0 Å². The van der Waals surface area contributed by atoms with Gasteiger partial charge in [-0.3, -0.25) is 9.80 Å². The molecule has 0 N–H and O–H groups in total. The number of hydrogen-bond donors (Lipinski definition) is 0. The third-order valence-corrected chi connectivity index (χ3v) is 8.34. The van der Waals surface area contributed by atoms with Crippen LogP contribution in [0.5, 0.6) is 0 Å². The largest absolute Gasteiger partial charge is 0.293 e. The van der Waals surface area contributed by atoms with Crippen molar-refractivity contribution in [2.75, 3.05) is 18.0 Å². The van der Waals surface area contributed by atoms with Crippen molar-refractivity contribution in [2.24, 2.45) is 10.4 Å². The average molecular weight is 446 g/mol. The van der Waals surface area contributed by atoms with E-state index in [1.54, 1.807) is 0 Å². The van der Waals surface area contributed by atoms with Gasteiger partial charge in [-0.1, -0.05) is 67.4 Å². The smallest absolute Gasteiger partial charge is 0.133 e. The Hall–Kier alpha value is -2.04. The van der Waals surface area contributed by atoms with E-state index in [0.717, 1.165) is 35.3 Å². The summed E-state index contributed by atoms with van der Waals surface area (Å²) < 4.78 is 0. The second kappa shape index (κ2) is 8.72. The van der Waals surface area contributed by atoms with Gasteiger partial charge in [0, 0.05) is 11.1 Å². The summed E-state index contributed by atoms with van der Waals surface area (Å²) in [5.41, 5.74) is 6.10. The molecule has 3 nitrogen and oxygen atoms in total. The Bertz CT molecular complexity index is 1010. The van der Waals surface area contributed by atoms with Crippen LogP contribution in [0.4, 0.5) is 11.4 Å². The van der Waals surface area contributed by atoms with E-state index in [1.807, 2.05) is 0 Å². The fourth-order valence-electron chi connectivity index (χ4n) is 6.40. The highest BCUT2D eigenvalue weighted by atomic mass is 32.1. The lowest BCUT2D eigenvalue weighted by Crippen LogP contribution is -2.49. The molecule has 2 heterocycles. The first kappa shape index (κ1) is 21.8. The highest BCUT2D eigenvalue weighted by molar-refractivity contribution is 7.80. The molecular formula is C28H35N3S. The normalized spacial score (nSPS) is 24.7. The Morgan fingerprint density at radius 3 is 2.12 bits per heavy atom. The summed E-state index contributed by atoms with van der Waals surface area (Å²) in [5, 5.41) is 0. The van der Waals surface area contributed by atoms with Gasteiger partial charge in [-0.15, -0.1) is 0 Å². The molecule has 0 aromatic heterocycles. The number of nitrogens with zero attached hydrogens (tertiary/aromatic N) is 3. The molecule has 168 valence electrons. The summed E-state index contributed by atoms with van der Waals surface area (Å²) in [6, 6.07) is 15.5. The van der Waals surface area contributed by atoms with Crippen molar-refractivity contribution >= 4 is 34.4 Å². The molecule has 4 heteroatoms. The van der Waals surface area contributed by atoms with Crippen LogP contribution < -0.4 is 4.90 Å². The maximum atomic E-state index is 6.37. The number of rotatable bonds is 3. The van der Waals surface area contributed by atoms with Gasteiger partial charge < -0.3 is 0 Å². The second-order valence-corrected chi connectivity index (χ2v) is 10.4. The van der Waals surface area contributed by atoms with Crippen LogP contribution in [0.3, 0.4) is 0 Å². The summed E-state index contributed by atoms with van der Waals surface area (Å²) in [4.78, 5) is 11.7. The van der Waals surface area contributed by atoms with Crippen LogP contribution in [-0.4, -0.2) is 34.9 Å². The van der Waals surface area contributed by atoms with Crippen LogP contribution in [0.2, 0.25) is 0 Å². The predicted molar refractivity (Wildman–Crippen MR) is 139 cm³/mol. The number of amidine groups is 1. The van der Waals surface area contributed by atoms with Gasteiger partial charge in [-0.05, 0) is 82.8 Å². The lowest BCUT2D eigenvalue weighted by molar-refractivity contribution is 0.155. The zero-order chi connectivity index (χ0) is 22.3. The molecule has 0 unspecified atom stereocenters. The molecule has 1 aliphatic carbocycles. The summed E-state index contributed by atoms with van der Waals surface area (Å²) in [7, 11) is 0. The molecule has 1 spiro atoms. The average Bonchev–Trinajstić information content (AvgIpc) is 3.38. The minimum atomic E-state index is 0.0269. The lowest BCUT2D eigenvalue weighted by Gasteiger charge is -2.41. The van der Waals surface area contributed by atoms with Crippen LogP contribution in [0.15, 0.2) is 47.5 Å². The monoisotopic (exact) mass is 445 g/mol. The summed E-state index contributed by atoms with van der Waals surface area (Å²) in [6.45, 7) is 8.87. The Balaban J connectivity index is 1.73. The standard InChI is InChI=1S/C28H35N3S/c1-20-18-21(2)24(22(3)19-20)29-26-25(30-16-10-11-17-30)28(14-8-5-9-15-28)27(32)31(26)23-12-6-4-7-13-23/h4,6-7,12-13,18-19,25H,5,8-11,14-17H2,1-3H3/t25-/m1/s1. The summed E-state index contributed by atoms with van der Waals surface area (Å²) in [5.74, 6) is 1.15. The third-order valence-electron chi connectivity index (χ3n) is 7.75. The van der Waals surface area contributed by atoms with Crippen LogP contribution >= 0.6 is 12.2 Å². The van der Waals surface area contributed by atoms with Crippen LogP contribution in [0.1, 0.15) is 61.6 Å². The van der Waals surface area contributed by atoms with Gasteiger partial charge in [0.05, 0.1) is 16.7 Å². The van der Waals surface area contributed by atoms with E-state index in [2.05, 4.69) is 73.0 Å². The van der Waals surface area contributed by atoms with Crippen molar-refractivity contribution in [2.45, 2.75) is 71.8 Å². The lowest BCUT2D eigenvalue weighted by atomic mass is 9.70. The molecule has 0 amide bonds. The molecular weight excluding hydrogens is 410 g/mol. The number of likely N-dealkylation sites (tertiary alicyclic amines) is 1. The van der Waals surface area contributed by atoms with Gasteiger partial charge in [-0.25, -0.2) is 4.99 Å². The van der Waals surface area contributed by atoms with Crippen molar-refractivity contribution in [3.05, 3.63) is 59.2 Å². The maximum absolute atomic E-state index is 6.37. The number of thiocarbonyl (C=S) groups is 1. The van der Waals surface area contributed by atoms with E-state index in [1.165, 1.54) is 61.6 Å². The van der Waals surface area contributed by atoms with E-state index < -0.39 is 0 Å². The number of aryl methyl sites for hydroxylation is 3. The Morgan fingerprint density at radius 1 is 0.875 bits per heavy atom. The molecule has 1 atom stereocenters. The minimum absolute atomic E-state index is 0.0269. The fraction of sp³-hybridized carbons (Fsp3) is 0.500. The Morgan fingerprint density at radius 2 is 1.50 bits per heavy atom. The molecule has 5 rings (SSSR count). The molecule has 0 bridgehead atoms. The fourth-order valence-corrected chi connectivity index (χ4v) is 6.91. The number of aliphatic imine (C=N–C) groups is 1. The predicted octanol–water partition coefficient (Wildman–Crippen LogP) is 6.90. The second-order valence-electron chi connectivity index (χ2n) is 10.1. The van der Waals surface area contributed by atoms with Gasteiger partial charge in [0.15, 0.2) is 0 Å². The van der Waals surface area contributed by atoms with E-state index in [-0.39, 0.29) is 11.5 Å². The molecule has 2 aliphatic heterocycles. The van der Waals surface area contributed by atoms with E-state index >= 15 is 0 Å². The zero-order valence-corrected chi connectivity index (χ0v) is 20.5. The zero-order valence-electron chi connectivity index (χ0n) is 19.7. The molecule has 1 saturated carbocycles. The Labute approximate surface area is 198 Å². The van der Waals surface area contributed by atoms with E-state index in [0.29, 0.717) is 0 Å². The number of anilines is 1. The highest BCUT2D eigenvalue weighted by Crippen LogP contribution is 2.51. The van der Waals surface area contributed by atoms with Crippen molar-refractivity contribution in [3.8, 4) is 0 Å². The number of hydrogen-bond acceptors (Lipinski definition) is 3. The van der Waals surface area contributed by atoms with Crippen molar-refractivity contribution in [3.63, 3.8) is 0 Å². The highest BCUT2D eigenvalue weighted by Gasteiger charge is 2.57. The van der Waals surface area contributed by atoms with Gasteiger partial charge in [0.25, 0.3) is 0 Å². The van der Waals surface area contributed by atoms with Gasteiger partial charge in [0.1, 0.15) is 5.84 Å². The SMILES string of the molecule is Cc1cc(C)c(N=C2[C@@H](N3CCCC3)C3(CCCCC3)C(=S)N2c2ccccc2)c(C)c1. The van der Waals surface area contributed by atoms with Crippen LogP contribution in [0.25, 0.3) is 0 Å². The molecule has 2 saturated heterocycles. The molecule has 3 fully saturated rings. The summed E-state index contributed by atoms with van der Waals surface area (Å²) in [6.07, 6.45) is 8.78. The first-order valence-corrected chi connectivity index (χ1v) is 12.7. The maximum Gasteiger partial charge on any atom is 0.133 e. The first-order valence-electron chi connectivity index (χ1n) is 12.3. The third kappa shape index (κ3) is 3.62. The van der Waals surface area contributed by atoms with Gasteiger partial charge in [0.2, 0.25) is 0 Å². The molecule has 32 heavy (non-hydrogen) atoms. The minimum Gasteiger partial charge on any atom is -0.293 e. The van der Waals surface area contributed by atoms with E-state index in [9.17, 15) is 0 Å². The van der Waals surface area contributed by atoms with Crippen LogP contribution in [-0.2, 0) is 0 Å². The van der Waals surface area contributed by atoms with Crippen LogP contribution in [0, 0.1) is 26.2 Å². The number of para-hydroxylation sites is 1. The molecule has 3 aliphatic rings. The first-order chi connectivity index (χ1) is 15.5. The quantitative estimate of drug-likeness (QED) is 0.479. The molecule has 2 aromatic carbocycles. The van der Waals surface area contributed by atoms with E-state index in [4.69, 9.17) is 17.2 Å². The Kier molecular flexibility index (Phi) is 5.94. The molecule has 0 radical (unpaired) electrons. The van der Waals surface area contributed by atoms with Crippen molar-refractivity contribution < 1.29 is 0 Å².